The Morgan fingerprint density at radius 3 is 2.90 bits per heavy atom. The van der Waals surface area contributed by atoms with E-state index in [1.165, 1.54) is 12.8 Å². The maximum atomic E-state index is 11.1. The van der Waals surface area contributed by atoms with Crippen LogP contribution in [-0.2, 0) is 0 Å². The number of benzene rings is 1. The van der Waals surface area contributed by atoms with E-state index in [9.17, 15) is 4.79 Å². The van der Waals surface area contributed by atoms with Crippen molar-refractivity contribution in [1.29, 1.82) is 0 Å². The fourth-order valence-electron chi connectivity index (χ4n) is 3.23. The molecule has 0 radical (unpaired) electrons. The molecule has 1 aromatic heterocycles. The van der Waals surface area contributed by atoms with Crippen molar-refractivity contribution in [1.82, 2.24) is 15.0 Å². The van der Waals surface area contributed by atoms with Crippen molar-refractivity contribution < 1.29 is 9.90 Å². The van der Waals surface area contributed by atoms with E-state index >= 15 is 0 Å². The summed E-state index contributed by atoms with van der Waals surface area (Å²) in [4.78, 5) is 11.1. The number of hydrogen-bond acceptors (Lipinski definition) is 3. The average Bonchev–Trinajstić information content (AvgIpc) is 2.81. The van der Waals surface area contributed by atoms with E-state index in [4.69, 9.17) is 5.11 Å². The number of carboxylic acid groups (broad SMARTS) is 1. The second-order valence-electron chi connectivity index (χ2n) is 6.29. The molecule has 1 N–H and O–H groups in total. The number of hydrogen-bond donors (Lipinski definition) is 1. The van der Waals surface area contributed by atoms with Crippen molar-refractivity contribution in [3.63, 3.8) is 0 Å². The van der Waals surface area contributed by atoms with Gasteiger partial charge in [-0.1, -0.05) is 31.9 Å². The van der Waals surface area contributed by atoms with Crippen LogP contribution in [-0.4, -0.2) is 26.1 Å². The molecule has 3 rings (SSSR count). The first kappa shape index (κ1) is 13.1. The third kappa shape index (κ3) is 2.07. The minimum Gasteiger partial charge on any atom is -0.478 e. The largest absolute Gasteiger partial charge is 0.478 e. The molecular weight excluding hydrogens is 254 g/mol. The zero-order chi connectivity index (χ0) is 14.3. The molecule has 1 saturated carbocycles. The van der Waals surface area contributed by atoms with Gasteiger partial charge in [-0.15, -0.1) is 5.10 Å². The highest BCUT2D eigenvalue weighted by atomic mass is 16.4. The van der Waals surface area contributed by atoms with Gasteiger partial charge in [0.05, 0.1) is 17.1 Å². The minimum atomic E-state index is -0.914. The van der Waals surface area contributed by atoms with Crippen LogP contribution in [0.4, 0.5) is 0 Å². The molecule has 1 atom stereocenters. The molecule has 1 aromatic carbocycles. The monoisotopic (exact) mass is 273 g/mol. The number of carbonyl (C=O) groups is 1. The Morgan fingerprint density at radius 2 is 2.20 bits per heavy atom. The average molecular weight is 273 g/mol. The molecule has 0 bridgehead atoms. The number of rotatable bonds is 2. The second kappa shape index (κ2) is 4.58. The van der Waals surface area contributed by atoms with Crippen LogP contribution in [0.5, 0.6) is 0 Å². The Labute approximate surface area is 117 Å². The molecule has 0 saturated heterocycles. The van der Waals surface area contributed by atoms with Crippen molar-refractivity contribution in [2.75, 3.05) is 0 Å². The first-order valence-corrected chi connectivity index (χ1v) is 7.07. The number of aromatic nitrogens is 3. The first-order chi connectivity index (χ1) is 9.49. The lowest BCUT2D eigenvalue weighted by molar-refractivity contribution is 0.0697. The van der Waals surface area contributed by atoms with Gasteiger partial charge in [0.1, 0.15) is 5.52 Å². The zero-order valence-corrected chi connectivity index (χ0v) is 11.8. The minimum absolute atomic E-state index is 0.165. The highest BCUT2D eigenvalue weighted by molar-refractivity contribution is 5.92. The Bertz CT molecular complexity index is 660. The van der Waals surface area contributed by atoms with Gasteiger partial charge < -0.3 is 5.11 Å². The van der Waals surface area contributed by atoms with Gasteiger partial charge in [-0.3, -0.25) is 0 Å². The van der Waals surface area contributed by atoms with Crippen LogP contribution >= 0.6 is 0 Å². The van der Waals surface area contributed by atoms with Crippen LogP contribution in [0.15, 0.2) is 18.2 Å². The van der Waals surface area contributed by atoms with Gasteiger partial charge in [0, 0.05) is 0 Å². The van der Waals surface area contributed by atoms with E-state index in [2.05, 4.69) is 24.2 Å². The number of aromatic carboxylic acids is 1. The Kier molecular flexibility index (Phi) is 3.00. The molecule has 1 fully saturated rings. The van der Waals surface area contributed by atoms with Crippen molar-refractivity contribution in [2.45, 2.75) is 45.6 Å². The lowest BCUT2D eigenvalue weighted by Gasteiger charge is -2.38. The lowest BCUT2D eigenvalue weighted by Crippen LogP contribution is -2.31. The van der Waals surface area contributed by atoms with Gasteiger partial charge in [-0.25, -0.2) is 9.48 Å². The van der Waals surface area contributed by atoms with Gasteiger partial charge in [0.15, 0.2) is 0 Å². The van der Waals surface area contributed by atoms with E-state index in [0.717, 1.165) is 23.9 Å². The summed E-state index contributed by atoms with van der Waals surface area (Å²) in [5.74, 6) is -0.914. The highest BCUT2D eigenvalue weighted by Crippen LogP contribution is 2.44. The van der Waals surface area contributed by atoms with Crippen LogP contribution in [0.2, 0.25) is 0 Å². The van der Waals surface area contributed by atoms with Crippen LogP contribution in [0.1, 0.15) is 55.9 Å². The molecular formula is C15H19N3O2. The van der Waals surface area contributed by atoms with Gasteiger partial charge in [-0.2, -0.15) is 0 Å². The molecule has 0 amide bonds. The van der Waals surface area contributed by atoms with Gasteiger partial charge in [0.2, 0.25) is 0 Å². The molecule has 0 spiro atoms. The number of fused-ring (bicyclic) bond motifs is 1. The molecule has 1 heterocycles. The summed E-state index contributed by atoms with van der Waals surface area (Å²) < 4.78 is 1.93. The molecule has 5 heteroatoms. The van der Waals surface area contributed by atoms with Crippen LogP contribution in [0.25, 0.3) is 11.0 Å². The summed E-state index contributed by atoms with van der Waals surface area (Å²) in [6, 6.07) is 5.28. The van der Waals surface area contributed by atoms with E-state index in [0.29, 0.717) is 0 Å². The standard InChI is InChI=1S/C15H19N3O2/c1-15(2)8-4-3-5-13(15)18-12-9-10(14(19)20)6-7-11(12)16-17-18/h6-7,9,13H,3-5,8H2,1-2H3,(H,19,20). The molecule has 20 heavy (non-hydrogen) atoms. The smallest absolute Gasteiger partial charge is 0.335 e. The van der Waals surface area contributed by atoms with Crippen molar-refractivity contribution in [3.8, 4) is 0 Å². The van der Waals surface area contributed by atoms with Crippen LogP contribution in [0, 0.1) is 5.41 Å². The predicted molar refractivity (Wildman–Crippen MR) is 75.8 cm³/mol. The normalized spacial score (nSPS) is 22.0. The number of nitrogens with zero attached hydrogens (tertiary/aromatic N) is 3. The van der Waals surface area contributed by atoms with Crippen molar-refractivity contribution >= 4 is 17.0 Å². The summed E-state index contributed by atoms with van der Waals surface area (Å²) in [6.45, 7) is 4.51. The van der Waals surface area contributed by atoms with E-state index in [1.54, 1.807) is 18.2 Å². The van der Waals surface area contributed by atoms with Gasteiger partial charge in [-0.05, 0) is 36.5 Å². The third-order valence-corrected chi connectivity index (χ3v) is 4.46. The van der Waals surface area contributed by atoms with Gasteiger partial charge >= 0.3 is 5.97 Å². The SMILES string of the molecule is CC1(C)CCCCC1n1nnc2ccc(C(=O)O)cc21. The van der Waals surface area contributed by atoms with E-state index < -0.39 is 5.97 Å². The van der Waals surface area contributed by atoms with Crippen molar-refractivity contribution in [3.05, 3.63) is 23.8 Å². The van der Waals surface area contributed by atoms with Gasteiger partial charge in [0.25, 0.3) is 0 Å². The molecule has 1 aliphatic rings. The maximum absolute atomic E-state index is 11.1. The fourth-order valence-corrected chi connectivity index (χ4v) is 3.23. The fraction of sp³-hybridized carbons (Fsp3) is 0.533. The Morgan fingerprint density at radius 1 is 1.40 bits per heavy atom. The van der Waals surface area contributed by atoms with Crippen molar-refractivity contribution in [2.24, 2.45) is 5.41 Å². The van der Waals surface area contributed by atoms with Crippen LogP contribution < -0.4 is 0 Å². The van der Waals surface area contributed by atoms with E-state index in [1.807, 2.05) is 4.68 Å². The summed E-state index contributed by atoms with van der Waals surface area (Å²) in [7, 11) is 0. The molecule has 2 aromatic rings. The Balaban J connectivity index is 2.11. The summed E-state index contributed by atoms with van der Waals surface area (Å²) >= 11 is 0. The first-order valence-electron chi connectivity index (χ1n) is 7.07. The molecule has 5 nitrogen and oxygen atoms in total. The highest BCUT2D eigenvalue weighted by Gasteiger charge is 2.35. The van der Waals surface area contributed by atoms with Crippen LogP contribution in [0.3, 0.4) is 0 Å². The lowest BCUT2D eigenvalue weighted by atomic mass is 9.73. The van der Waals surface area contributed by atoms with E-state index in [-0.39, 0.29) is 17.0 Å². The zero-order valence-electron chi connectivity index (χ0n) is 11.8. The quantitative estimate of drug-likeness (QED) is 0.911. The molecule has 1 unspecified atom stereocenters. The summed E-state index contributed by atoms with van der Waals surface area (Å²) in [5.41, 5.74) is 2.04. The Hall–Kier alpha value is -1.91. The second-order valence-corrected chi connectivity index (χ2v) is 6.29. The molecule has 0 aliphatic heterocycles. The molecule has 1 aliphatic carbocycles. The predicted octanol–water partition coefficient (Wildman–Crippen LogP) is 3.27. The topological polar surface area (TPSA) is 68.0 Å². The molecule has 106 valence electrons. The summed E-state index contributed by atoms with van der Waals surface area (Å²) in [5, 5.41) is 17.6. The summed E-state index contributed by atoms with van der Waals surface area (Å²) in [6.07, 6.45) is 4.67. The maximum Gasteiger partial charge on any atom is 0.335 e. The third-order valence-electron chi connectivity index (χ3n) is 4.46. The number of carboxylic acids is 1.